The Morgan fingerprint density at radius 3 is 2.85 bits per heavy atom. The molecule has 0 fully saturated rings. The summed E-state index contributed by atoms with van der Waals surface area (Å²) in [5.74, 6) is 0.509. The van der Waals surface area contributed by atoms with Crippen molar-refractivity contribution in [3.8, 4) is 5.75 Å². The molecule has 0 amide bonds. The molecule has 0 heterocycles. The van der Waals surface area contributed by atoms with Crippen LogP contribution in [0.5, 0.6) is 5.75 Å². The lowest BCUT2D eigenvalue weighted by atomic mass is 10.1. The fourth-order valence-corrected chi connectivity index (χ4v) is 1.20. The molecule has 72 valence electrons. The van der Waals surface area contributed by atoms with Crippen LogP contribution in [-0.4, -0.2) is 12.3 Å². The van der Waals surface area contributed by atoms with E-state index < -0.39 is 6.67 Å². The number of rotatable bonds is 4. The fraction of sp³-hybridized carbons (Fsp3) is 0.333. The predicted molar refractivity (Wildman–Crippen MR) is 46.4 cm³/mol. The van der Waals surface area contributed by atoms with Gasteiger partial charge in [-0.2, -0.15) is 0 Å². The van der Waals surface area contributed by atoms with Crippen LogP contribution in [0.1, 0.15) is 11.1 Å². The molecule has 0 spiro atoms. The van der Waals surface area contributed by atoms with Gasteiger partial charge in [0.05, 0.1) is 7.11 Å². The van der Waals surface area contributed by atoms with Gasteiger partial charge in [0, 0.05) is 12.1 Å². The summed E-state index contributed by atoms with van der Waals surface area (Å²) in [5, 5.41) is 8.49. The molecule has 0 unspecified atom stereocenters. The van der Waals surface area contributed by atoms with E-state index in [1.165, 1.54) is 7.11 Å². The van der Waals surface area contributed by atoms with Crippen molar-refractivity contribution in [1.82, 2.24) is 5.48 Å². The van der Waals surface area contributed by atoms with E-state index in [0.29, 0.717) is 16.9 Å². The minimum atomic E-state index is -0.596. The zero-order valence-corrected chi connectivity index (χ0v) is 7.38. The topological polar surface area (TPSA) is 41.5 Å². The third kappa shape index (κ3) is 2.17. The number of benzene rings is 1. The maximum absolute atomic E-state index is 12.6. The van der Waals surface area contributed by atoms with Crippen molar-refractivity contribution in [3.63, 3.8) is 0 Å². The first kappa shape index (κ1) is 9.95. The molecule has 0 aliphatic carbocycles. The highest BCUT2D eigenvalue weighted by Gasteiger charge is 2.07. The number of hydroxylamine groups is 1. The highest BCUT2D eigenvalue weighted by Crippen LogP contribution is 2.22. The second-order valence-corrected chi connectivity index (χ2v) is 2.57. The smallest absolute Gasteiger partial charge is 0.125 e. The largest absolute Gasteiger partial charge is 0.496 e. The monoisotopic (exact) mass is 185 g/mol. The standard InChI is InChI=1S/C9H12FNO2/c1-13-9-4-2-3-7(6-11-12)8(9)5-10/h2-4,11-12H,5-6H2,1H3. The van der Waals surface area contributed by atoms with Gasteiger partial charge in [0.15, 0.2) is 0 Å². The second-order valence-electron chi connectivity index (χ2n) is 2.57. The quantitative estimate of drug-likeness (QED) is 0.701. The number of halogens is 1. The molecular formula is C9H12FNO2. The van der Waals surface area contributed by atoms with Gasteiger partial charge < -0.3 is 9.94 Å². The van der Waals surface area contributed by atoms with Crippen molar-refractivity contribution in [3.05, 3.63) is 29.3 Å². The number of hydrogen-bond donors (Lipinski definition) is 2. The van der Waals surface area contributed by atoms with Crippen molar-refractivity contribution in [1.29, 1.82) is 0 Å². The lowest BCUT2D eigenvalue weighted by Crippen LogP contribution is -2.08. The molecule has 0 saturated carbocycles. The van der Waals surface area contributed by atoms with Crippen LogP contribution in [0.4, 0.5) is 4.39 Å². The number of nitrogens with one attached hydrogen (secondary N) is 1. The lowest BCUT2D eigenvalue weighted by molar-refractivity contribution is 0.160. The summed E-state index contributed by atoms with van der Waals surface area (Å²) in [4.78, 5) is 0. The van der Waals surface area contributed by atoms with Crippen LogP contribution in [0.25, 0.3) is 0 Å². The van der Waals surface area contributed by atoms with Crippen molar-refractivity contribution in [2.24, 2.45) is 0 Å². The molecule has 0 radical (unpaired) electrons. The molecule has 0 aliphatic heterocycles. The molecule has 1 rings (SSSR count). The Balaban J connectivity index is 3.03. The zero-order valence-electron chi connectivity index (χ0n) is 7.38. The van der Waals surface area contributed by atoms with E-state index >= 15 is 0 Å². The average molecular weight is 185 g/mol. The van der Waals surface area contributed by atoms with Crippen molar-refractivity contribution in [2.45, 2.75) is 13.2 Å². The third-order valence-corrected chi connectivity index (χ3v) is 1.85. The summed E-state index contributed by atoms with van der Waals surface area (Å²) < 4.78 is 17.5. The van der Waals surface area contributed by atoms with Crippen molar-refractivity contribution < 1.29 is 14.3 Å². The molecule has 1 aromatic carbocycles. The number of hydrogen-bond acceptors (Lipinski definition) is 3. The molecule has 4 heteroatoms. The van der Waals surface area contributed by atoms with E-state index in [-0.39, 0.29) is 6.54 Å². The van der Waals surface area contributed by atoms with Gasteiger partial charge in [-0.15, -0.1) is 0 Å². The van der Waals surface area contributed by atoms with Crippen LogP contribution in [-0.2, 0) is 13.2 Å². The van der Waals surface area contributed by atoms with Crippen LogP contribution in [0, 0.1) is 0 Å². The summed E-state index contributed by atoms with van der Waals surface area (Å²) in [6, 6.07) is 5.18. The normalized spacial score (nSPS) is 10.1. The Labute approximate surface area is 76.1 Å². The van der Waals surface area contributed by atoms with Gasteiger partial charge in [0.2, 0.25) is 0 Å². The predicted octanol–water partition coefficient (Wildman–Crippen LogP) is 1.64. The minimum Gasteiger partial charge on any atom is -0.496 e. The molecule has 13 heavy (non-hydrogen) atoms. The molecule has 1 aromatic rings. The Bertz CT molecular complexity index is 278. The highest BCUT2D eigenvalue weighted by atomic mass is 19.1. The summed E-state index contributed by atoms with van der Waals surface area (Å²) in [5.41, 5.74) is 3.16. The maximum Gasteiger partial charge on any atom is 0.125 e. The van der Waals surface area contributed by atoms with Gasteiger partial charge in [-0.3, -0.25) is 0 Å². The molecule has 2 N–H and O–H groups in total. The Hall–Kier alpha value is -1.13. The van der Waals surface area contributed by atoms with Gasteiger partial charge in [0.25, 0.3) is 0 Å². The highest BCUT2D eigenvalue weighted by molar-refractivity contribution is 5.39. The molecule has 0 atom stereocenters. The second kappa shape index (κ2) is 4.79. The van der Waals surface area contributed by atoms with Crippen LogP contribution < -0.4 is 10.2 Å². The summed E-state index contributed by atoms with van der Waals surface area (Å²) in [7, 11) is 1.49. The Morgan fingerprint density at radius 2 is 2.31 bits per heavy atom. The third-order valence-electron chi connectivity index (χ3n) is 1.85. The first-order chi connectivity index (χ1) is 6.33. The molecule has 0 saturated heterocycles. The Kier molecular flexibility index (Phi) is 3.67. The lowest BCUT2D eigenvalue weighted by Gasteiger charge is -2.09. The fourth-order valence-electron chi connectivity index (χ4n) is 1.20. The Morgan fingerprint density at radius 1 is 1.54 bits per heavy atom. The van der Waals surface area contributed by atoms with Gasteiger partial charge in [-0.05, 0) is 11.6 Å². The molecular weight excluding hydrogens is 173 g/mol. The number of methoxy groups -OCH3 is 1. The maximum atomic E-state index is 12.6. The SMILES string of the molecule is COc1cccc(CNO)c1CF. The van der Waals surface area contributed by atoms with Crippen molar-refractivity contribution in [2.75, 3.05) is 7.11 Å². The average Bonchev–Trinajstić information content (AvgIpc) is 2.18. The minimum absolute atomic E-state index is 0.219. The zero-order chi connectivity index (χ0) is 9.68. The first-order valence-electron chi connectivity index (χ1n) is 3.91. The molecule has 0 bridgehead atoms. The molecule has 0 aromatic heterocycles. The van der Waals surface area contributed by atoms with Crippen LogP contribution in [0.15, 0.2) is 18.2 Å². The summed E-state index contributed by atoms with van der Waals surface area (Å²) in [6.45, 7) is -0.378. The summed E-state index contributed by atoms with van der Waals surface area (Å²) in [6.07, 6.45) is 0. The molecule has 0 aliphatic rings. The van der Waals surface area contributed by atoms with Crippen molar-refractivity contribution >= 4 is 0 Å². The van der Waals surface area contributed by atoms with E-state index in [1.54, 1.807) is 18.2 Å². The van der Waals surface area contributed by atoms with Gasteiger partial charge in [0.1, 0.15) is 12.4 Å². The van der Waals surface area contributed by atoms with Crippen LogP contribution in [0.3, 0.4) is 0 Å². The van der Waals surface area contributed by atoms with E-state index in [4.69, 9.17) is 9.94 Å². The van der Waals surface area contributed by atoms with Crippen LogP contribution in [0.2, 0.25) is 0 Å². The first-order valence-corrected chi connectivity index (χ1v) is 3.91. The van der Waals surface area contributed by atoms with Gasteiger partial charge in [-0.25, -0.2) is 9.87 Å². The summed E-state index contributed by atoms with van der Waals surface area (Å²) >= 11 is 0. The van der Waals surface area contributed by atoms with E-state index in [2.05, 4.69) is 0 Å². The molecule has 3 nitrogen and oxygen atoms in total. The van der Waals surface area contributed by atoms with E-state index in [9.17, 15) is 4.39 Å². The van der Waals surface area contributed by atoms with E-state index in [0.717, 1.165) is 0 Å². The number of ether oxygens (including phenoxy) is 1. The van der Waals surface area contributed by atoms with Crippen LogP contribution >= 0.6 is 0 Å². The number of alkyl halides is 1. The van der Waals surface area contributed by atoms with E-state index in [1.807, 2.05) is 5.48 Å². The van der Waals surface area contributed by atoms with Gasteiger partial charge >= 0.3 is 0 Å². The van der Waals surface area contributed by atoms with Gasteiger partial charge in [-0.1, -0.05) is 12.1 Å².